The van der Waals surface area contributed by atoms with Gasteiger partial charge in [0.25, 0.3) is 5.91 Å². The normalized spacial score (nSPS) is 20.0. The van der Waals surface area contributed by atoms with Crippen molar-refractivity contribution in [1.82, 2.24) is 4.72 Å². The Labute approximate surface area is 229 Å². The molecule has 0 bridgehead atoms. The lowest BCUT2D eigenvalue weighted by molar-refractivity contribution is 0.102. The van der Waals surface area contributed by atoms with E-state index in [4.69, 9.17) is 14.6 Å². The quantitative estimate of drug-likeness (QED) is 0.453. The standard InChI is InChI=1S/C28H36N4O6S/c33-13-8-29-39(35,36)22-1-2-23(24(19-22)31-9-6-28(4-5-28)7-10-31)30-27(34)21-17-20-3-14-38-26(20)25(18-21)32-11-15-37-16-12-32/h1-2,17-19,29,33H,3-16H2,(H,30,34). The summed E-state index contributed by atoms with van der Waals surface area (Å²) in [5.74, 6) is 0.603. The van der Waals surface area contributed by atoms with Crippen molar-refractivity contribution in [3.63, 3.8) is 0 Å². The molecule has 3 fully saturated rings. The molecule has 3 N–H and O–H groups in total. The van der Waals surface area contributed by atoms with Crippen molar-refractivity contribution in [2.45, 2.75) is 37.0 Å². The van der Waals surface area contributed by atoms with Gasteiger partial charge in [-0.2, -0.15) is 0 Å². The maximum atomic E-state index is 13.6. The molecule has 0 atom stereocenters. The van der Waals surface area contributed by atoms with Crippen LogP contribution < -0.4 is 24.6 Å². The molecule has 11 heteroatoms. The van der Waals surface area contributed by atoms with Crippen molar-refractivity contribution in [3.05, 3.63) is 41.5 Å². The lowest BCUT2D eigenvalue weighted by atomic mass is 9.93. The Morgan fingerprint density at radius 3 is 2.41 bits per heavy atom. The van der Waals surface area contributed by atoms with E-state index in [2.05, 4.69) is 19.8 Å². The lowest BCUT2D eigenvalue weighted by Gasteiger charge is -2.35. The van der Waals surface area contributed by atoms with Crippen LogP contribution in [0.25, 0.3) is 0 Å². The van der Waals surface area contributed by atoms with Crippen molar-refractivity contribution in [3.8, 4) is 5.75 Å². The van der Waals surface area contributed by atoms with Gasteiger partial charge in [0.05, 0.1) is 48.4 Å². The lowest BCUT2D eigenvalue weighted by Crippen LogP contribution is -2.36. The Balaban J connectivity index is 1.30. The van der Waals surface area contributed by atoms with E-state index in [1.807, 2.05) is 12.1 Å². The van der Waals surface area contributed by atoms with Crippen LogP contribution in [0.3, 0.4) is 0 Å². The van der Waals surface area contributed by atoms with Gasteiger partial charge in [-0.1, -0.05) is 0 Å². The van der Waals surface area contributed by atoms with Gasteiger partial charge in [-0.25, -0.2) is 13.1 Å². The average Bonchev–Trinajstić information content (AvgIpc) is 3.53. The van der Waals surface area contributed by atoms with Crippen LogP contribution >= 0.6 is 0 Å². The van der Waals surface area contributed by atoms with E-state index in [1.54, 1.807) is 12.1 Å². The van der Waals surface area contributed by atoms with Crippen LogP contribution in [0.2, 0.25) is 0 Å². The molecular formula is C28H36N4O6S. The second-order valence-corrected chi connectivity index (χ2v) is 12.7. The van der Waals surface area contributed by atoms with E-state index < -0.39 is 10.0 Å². The smallest absolute Gasteiger partial charge is 0.255 e. The molecule has 0 aromatic heterocycles. The van der Waals surface area contributed by atoms with Crippen molar-refractivity contribution >= 4 is 33.0 Å². The maximum Gasteiger partial charge on any atom is 0.255 e. The Bertz CT molecular complexity index is 1340. The zero-order chi connectivity index (χ0) is 27.0. The Kier molecular flexibility index (Phi) is 7.17. The second kappa shape index (κ2) is 10.6. The molecule has 1 aliphatic carbocycles. The summed E-state index contributed by atoms with van der Waals surface area (Å²) in [6.07, 6.45) is 5.40. The van der Waals surface area contributed by atoms with Crippen LogP contribution in [-0.4, -0.2) is 78.6 Å². The molecule has 10 nitrogen and oxygen atoms in total. The third-order valence-corrected chi connectivity index (χ3v) is 9.89. The summed E-state index contributed by atoms with van der Waals surface area (Å²) in [5, 5.41) is 12.2. The molecule has 0 unspecified atom stereocenters. The third kappa shape index (κ3) is 5.45. The molecule has 2 saturated heterocycles. The number of aliphatic hydroxyl groups excluding tert-OH is 1. The predicted octanol–water partition coefficient (Wildman–Crippen LogP) is 2.36. The molecule has 1 saturated carbocycles. The van der Waals surface area contributed by atoms with Gasteiger partial charge in [0.2, 0.25) is 10.0 Å². The number of morpholine rings is 1. The van der Waals surface area contributed by atoms with E-state index in [0.29, 0.717) is 42.2 Å². The summed E-state index contributed by atoms with van der Waals surface area (Å²) in [4.78, 5) is 18.1. The Morgan fingerprint density at radius 2 is 1.69 bits per heavy atom. The minimum atomic E-state index is -3.80. The molecule has 1 spiro atoms. The van der Waals surface area contributed by atoms with Gasteiger partial charge in [0.15, 0.2) is 0 Å². The number of benzene rings is 2. The summed E-state index contributed by atoms with van der Waals surface area (Å²) in [7, 11) is -3.80. The number of amides is 1. The second-order valence-electron chi connectivity index (χ2n) is 10.9. The highest BCUT2D eigenvalue weighted by atomic mass is 32.2. The largest absolute Gasteiger partial charge is 0.491 e. The number of ether oxygens (including phenoxy) is 2. The molecule has 210 valence electrons. The van der Waals surface area contributed by atoms with Gasteiger partial charge in [-0.05, 0) is 61.4 Å². The van der Waals surface area contributed by atoms with Crippen molar-refractivity contribution in [1.29, 1.82) is 0 Å². The van der Waals surface area contributed by atoms with Gasteiger partial charge in [-0.15, -0.1) is 0 Å². The van der Waals surface area contributed by atoms with E-state index in [0.717, 1.165) is 62.4 Å². The molecule has 3 heterocycles. The minimum Gasteiger partial charge on any atom is -0.491 e. The number of nitrogens with one attached hydrogen (secondary N) is 2. The number of rotatable bonds is 8. The van der Waals surface area contributed by atoms with Crippen molar-refractivity contribution in [2.75, 3.05) is 74.3 Å². The molecule has 2 aromatic carbocycles. The molecular weight excluding hydrogens is 520 g/mol. The fourth-order valence-electron chi connectivity index (χ4n) is 5.86. The first kappa shape index (κ1) is 26.4. The molecule has 6 rings (SSSR count). The van der Waals surface area contributed by atoms with Gasteiger partial charge >= 0.3 is 0 Å². The number of hydrogen-bond acceptors (Lipinski definition) is 8. The van der Waals surface area contributed by atoms with Crippen LogP contribution in [0.4, 0.5) is 17.1 Å². The summed E-state index contributed by atoms with van der Waals surface area (Å²) < 4.78 is 39.5. The van der Waals surface area contributed by atoms with Gasteiger partial charge < -0.3 is 29.7 Å². The first-order valence-corrected chi connectivity index (χ1v) is 15.3. The van der Waals surface area contributed by atoms with Gasteiger partial charge in [0, 0.05) is 50.3 Å². The fraction of sp³-hybridized carbons (Fsp3) is 0.536. The highest BCUT2D eigenvalue weighted by Gasteiger charge is 2.44. The summed E-state index contributed by atoms with van der Waals surface area (Å²) in [6, 6.07) is 8.59. The van der Waals surface area contributed by atoms with Crippen LogP contribution in [0.1, 0.15) is 41.6 Å². The number of anilines is 3. The third-order valence-electron chi connectivity index (χ3n) is 8.43. The number of aliphatic hydroxyl groups is 1. The van der Waals surface area contributed by atoms with E-state index in [-0.39, 0.29) is 24.0 Å². The van der Waals surface area contributed by atoms with E-state index in [1.165, 1.54) is 18.9 Å². The molecule has 1 amide bonds. The van der Waals surface area contributed by atoms with Crippen molar-refractivity contribution < 1.29 is 27.8 Å². The number of sulfonamides is 1. The average molecular weight is 557 g/mol. The number of carbonyl (C=O) groups is 1. The van der Waals surface area contributed by atoms with Crippen LogP contribution in [0.15, 0.2) is 35.2 Å². The molecule has 3 aliphatic heterocycles. The zero-order valence-corrected chi connectivity index (χ0v) is 22.9. The van der Waals surface area contributed by atoms with Crippen LogP contribution in [-0.2, 0) is 21.2 Å². The molecule has 2 aromatic rings. The summed E-state index contributed by atoms with van der Waals surface area (Å²) in [5.41, 5.74) is 4.21. The monoisotopic (exact) mass is 556 g/mol. The SMILES string of the molecule is O=C(Nc1ccc(S(=O)(=O)NCCO)cc1N1CCC2(CC1)CC2)c1cc2c(c(N3CCOCC3)c1)OCC2. The first-order valence-electron chi connectivity index (χ1n) is 13.8. The van der Waals surface area contributed by atoms with Crippen molar-refractivity contribution in [2.24, 2.45) is 5.41 Å². The van der Waals surface area contributed by atoms with Gasteiger partial charge in [0.1, 0.15) is 5.75 Å². The highest BCUT2D eigenvalue weighted by Crippen LogP contribution is 2.54. The zero-order valence-electron chi connectivity index (χ0n) is 22.1. The molecule has 39 heavy (non-hydrogen) atoms. The Hall–Kier alpha value is -2.86. The van der Waals surface area contributed by atoms with E-state index in [9.17, 15) is 13.2 Å². The fourth-order valence-corrected chi connectivity index (χ4v) is 6.90. The predicted molar refractivity (Wildman–Crippen MR) is 148 cm³/mol. The van der Waals surface area contributed by atoms with Crippen LogP contribution in [0, 0.1) is 5.41 Å². The molecule has 4 aliphatic rings. The minimum absolute atomic E-state index is 0.0596. The number of nitrogens with zero attached hydrogens (tertiary/aromatic N) is 2. The molecule has 0 radical (unpaired) electrons. The van der Waals surface area contributed by atoms with E-state index >= 15 is 0 Å². The number of hydrogen-bond donors (Lipinski definition) is 3. The number of piperidine rings is 1. The Morgan fingerprint density at radius 1 is 0.949 bits per heavy atom. The topological polar surface area (TPSA) is 120 Å². The summed E-state index contributed by atoms with van der Waals surface area (Å²) >= 11 is 0. The first-order chi connectivity index (χ1) is 18.9. The maximum absolute atomic E-state index is 13.6. The number of fused-ring (bicyclic) bond motifs is 1. The van der Waals surface area contributed by atoms with Crippen LogP contribution in [0.5, 0.6) is 5.75 Å². The number of carbonyl (C=O) groups excluding carboxylic acids is 1. The summed E-state index contributed by atoms with van der Waals surface area (Å²) in [6.45, 7) is 4.62. The highest BCUT2D eigenvalue weighted by molar-refractivity contribution is 7.89. The van der Waals surface area contributed by atoms with Gasteiger partial charge in [-0.3, -0.25) is 4.79 Å².